The summed E-state index contributed by atoms with van der Waals surface area (Å²) in [6.45, 7) is 11.1. The quantitative estimate of drug-likeness (QED) is 0.356. The molecule has 0 saturated carbocycles. The minimum Gasteiger partial charge on any atom is -0.372 e. The smallest absolute Gasteiger partial charge is 0.191 e. The molecule has 6 nitrogen and oxygen atoms in total. The van der Waals surface area contributed by atoms with Gasteiger partial charge in [0.25, 0.3) is 0 Å². The first kappa shape index (κ1) is 24.5. The highest BCUT2D eigenvalue weighted by atomic mass is 16.5. The van der Waals surface area contributed by atoms with E-state index in [4.69, 9.17) is 9.73 Å². The van der Waals surface area contributed by atoms with Crippen LogP contribution in [-0.4, -0.2) is 28.3 Å². The van der Waals surface area contributed by atoms with Crippen molar-refractivity contribution in [3.05, 3.63) is 88.2 Å². The van der Waals surface area contributed by atoms with Crippen molar-refractivity contribution in [1.82, 2.24) is 20.4 Å². The van der Waals surface area contributed by atoms with Gasteiger partial charge in [0, 0.05) is 25.3 Å². The van der Waals surface area contributed by atoms with Gasteiger partial charge < -0.3 is 15.4 Å². The van der Waals surface area contributed by atoms with Crippen LogP contribution in [0.15, 0.2) is 59.6 Å². The Hall–Kier alpha value is -3.12. The Kier molecular flexibility index (Phi) is 9.07. The van der Waals surface area contributed by atoms with Gasteiger partial charge in [-0.05, 0) is 56.4 Å². The van der Waals surface area contributed by atoms with Gasteiger partial charge in [0.2, 0.25) is 0 Å². The SMILES string of the molecule is CCNC(=NCc1ccc(COCc2ccccc2)cc1)NC(C)Cc1c(C)nn(C)c1C. The highest BCUT2D eigenvalue weighted by molar-refractivity contribution is 5.80. The number of benzene rings is 2. The highest BCUT2D eigenvalue weighted by Gasteiger charge is 2.14. The molecule has 0 bridgehead atoms. The molecule has 1 atom stereocenters. The fourth-order valence-electron chi connectivity index (χ4n) is 3.80. The van der Waals surface area contributed by atoms with Gasteiger partial charge in [0.15, 0.2) is 5.96 Å². The van der Waals surface area contributed by atoms with E-state index in [0.717, 1.165) is 24.6 Å². The van der Waals surface area contributed by atoms with E-state index in [9.17, 15) is 0 Å². The summed E-state index contributed by atoms with van der Waals surface area (Å²) in [4.78, 5) is 4.79. The summed E-state index contributed by atoms with van der Waals surface area (Å²) in [5.41, 5.74) is 7.15. The largest absolute Gasteiger partial charge is 0.372 e. The molecule has 0 aliphatic rings. The maximum atomic E-state index is 5.83. The molecule has 1 aromatic heterocycles. The molecule has 0 fully saturated rings. The Morgan fingerprint density at radius 1 is 1.00 bits per heavy atom. The fourth-order valence-corrected chi connectivity index (χ4v) is 3.80. The predicted octanol–water partition coefficient (Wildman–Crippen LogP) is 4.44. The molecule has 0 amide bonds. The van der Waals surface area contributed by atoms with Gasteiger partial charge in [-0.25, -0.2) is 4.99 Å². The Balaban J connectivity index is 1.51. The topological polar surface area (TPSA) is 63.5 Å². The number of aryl methyl sites for hydroxylation is 2. The summed E-state index contributed by atoms with van der Waals surface area (Å²) >= 11 is 0. The second kappa shape index (κ2) is 12.2. The first-order valence-electron chi connectivity index (χ1n) is 11.7. The van der Waals surface area contributed by atoms with Gasteiger partial charge in [-0.1, -0.05) is 54.6 Å². The third-order valence-corrected chi connectivity index (χ3v) is 5.72. The minimum atomic E-state index is 0.244. The molecular formula is C27H37N5O. The Morgan fingerprint density at radius 3 is 2.24 bits per heavy atom. The van der Waals surface area contributed by atoms with Gasteiger partial charge >= 0.3 is 0 Å². The molecule has 176 valence electrons. The third-order valence-electron chi connectivity index (χ3n) is 5.72. The van der Waals surface area contributed by atoms with E-state index in [-0.39, 0.29) is 6.04 Å². The first-order valence-corrected chi connectivity index (χ1v) is 11.7. The molecule has 3 aromatic rings. The number of nitrogens with zero attached hydrogens (tertiary/aromatic N) is 3. The van der Waals surface area contributed by atoms with E-state index < -0.39 is 0 Å². The molecule has 1 heterocycles. The molecule has 33 heavy (non-hydrogen) atoms. The number of hydrogen-bond donors (Lipinski definition) is 2. The Morgan fingerprint density at radius 2 is 1.64 bits per heavy atom. The van der Waals surface area contributed by atoms with Crippen molar-refractivity contribution in [3.8, 4) is 0 Å². The van der Waals surface area contributed by atoms with Gasteiger partial charge in [-0.15, -0.1) is 0 Å². The second-order valence-electron chi connectivity index (χ2n) is 8.51. The summed E-state index contributed by atoms with van der Waals surface area (Å²) in [6, 6.07) is 19.0. The zero-order valence-electron chi connectivity index (χ0n) is 20.6. The zero-order chi connectivity index (χ0) is 23.6. The van der Waals surface area contributed by atoms with E-state index in [0.29, 0.717) is 19.8 Å². The summed E-state index contributed by atoms with van der Waals surface area (Å²) < 4.78 is 7.78. The molecule has 2 N–H and O–H groups in total. The molecule has 1 unspecified atom stereocenters. The molecule has 0 radical (unpaired) electrons. The standard InChI is InChI=1S/C27H37N5O/c1-6-28-27(30-20(2)16-26-21(3)31-32(5)22(26)4)29-17-23-12-14-25(15-13-23)19-33-18-24-10-8-7-9-11-24/h7-15,20H,6,16-19H2,1-5H3,(H2,28,29,30). The van der Waals surface area contributed by atoms with Crippen LogP contribution in [0, 0.1) is 13.8 Å². The van der Waals surface area contributed by atoms with Crippen molar-refractivity contribution < 1.29 is 4.74 Å². The van der Waals surface area contributed by atoms with E-state index in [2.05, 4.69) is 79.8 Å². The van der Waals surface area contributed by atoms with E-state index in [1.165, 1.54) is 27.9 Å². The van der Waals surface area contributed by atoms with E-state index in [1.54, 1.807) is 0 Å². The number of hydrogen-bond acceptors (Lipinski definition) is 3. The Bertz CT molecular complexity index is 1020. The normalized spacial score (nSPS) is 12.6. The van der Waals surface area contributed by atoms with Crippen molar-refractivity contribution in [3.63, 3.8) is 0 Å². The first-order chi connectivity index (χ1) is 16.0. The van der Waals surface area contributed by atoms with Gasteiger partial charge in [-0.2, -0.15) is 5.10 Å². The summed E-state index contributed by atoms with van der Waals surface area (Å²) in [6.07, 6.45) is 0.910. The maximum absolute atomic E-state index is 5.83. The lowest BCUT2D eigenvalue weighted by molar-refractivity contribution is 0.107. The lowest BCUT2D eigenvalue weighted by Crippen LogP contribution is -2.43. The molecule has 0 spiro atoms. The van der Waals surface area contributed by atoms with Gasteiger partial charge in [0.05, 0.1) is 25.5 Å². The lowest BCUT2D eigenvalue weighted by Gasteiger charge is -2.18. The number of ether oxygens (including phenoxy) is 1. The summed E-state index contributed by atoms with van der Waals surface area (Å²) in [5, 5.41) is 11.4. The van der Waals surface area contributed by atoms with Crippen molar-refractivity contribution in [1.29, 1.82) is 0 Å². The van der Waals surface area contributed by atoms with E-state index in [1.807, 2.05) is 29.9 Å². The highest BCUT2D eigenvalue weighted by Crippen LogP contribution is 2.14. The molecule has 2 aromatic carbocycles. The van der Waals surface area contributed by atoms with Crippen molar-refractivity contribution in [2.45, 2.75) is 59.9 Å². The van der Waals surface area contributed by atoms with Crippen LogP contribution < -0.4 is 10.6 Å². The minimum absolute atomic E-state index is 0.244. The molecule has 0 saturated heterocycles. The zero-order valence-corrected chi connectivity index (χ0v) is 20.6. The molecular weight excluding hydrogens is 410 g/mol. The Labute approximate surface area is 198 Å². The van der Waals surface area contributed by atoms with Crippen LogP contribution in [-0.2, 0) is 38.0 Å². The van der Waals surface area contributed by atoms with Gasteiger partial charge in [-0.3, -0.25) is 4.68 Å². The third kappa shape index (κ3) is 7.46. The van der Waals surface area contributed by atoms with Crippen LogP contribution in [0.25, 0.3) is 0 Å². The second-order valence-corrected chi connectivity index (χ2v) is 8.51. The predicted molar refractivity (Wildman–Crippen MR) is 135 cm³/mol. The molecule has 0 aliphatic carbocycles. The molecule has 0 aliphatic heterocycles. The van der Waals surface area contributed by atoms with Crippen LogP contribution in [0.5, 0.6) is 0 Å². The van der Waals surface area contributed by atoms with Crippen molar-refractivity contribution >= 4 is 5.96 Å². The van der Waals surface area contributed by atoms with Crippen LogP contribution in [0.3, 0.4) is 0 Å². The summed E-state index contributed by atoms with van der Waals surface area (Å²) in [5.74, 6) is 0.833. The van der Waals surface area contributed by atoms with Crippen LogP contribution in [0.1, 0.15) is 47.5 Å². The number of aromatic nitrogens is 2. The average molecular weight is 448 g/mol. The number of nitrogens with one attached hydrogen (secondary N) is 2. The lowest BCUT2D eigenvalue weighted by atomic mass is 10.1. The van der Waals surface area contributed by atoms with Gasteiger partial charge in [0.1, 0.15) is 0 Å². The van der Waals surface area contributed by atoms with Crippen molar-refractivity contribution in [2.75, 3.05) is 6.54 Å². The number of aliphatic imine (C=N–C) groups is 1. The van der Waals surface area contributed by atoms with Crippen LogP contribution >= 0.6 is 0 Å². The van der Waals surface area contributed by atoms with Crippen LogP contribution in [0.2, 0.25) is 0 Å². The maximum Gasteiger partial charge on any atom is 0.191 e. The van der Waals surface area contributed by atoms with Crippen LogP contribution in [0.4, 0.5) is 0 Å². The molecule has 6 heteroatoms. The van der Waals surface area contributed by atoms with Crippen molar-refractivity contribution in [2.24, 2.45) is 12.0 Å². The molecule has 3 rings (SSSR count). The number of rotatable bonds is 10. The monoisotopic (exact) mass is 447 g/mol. The average Bonchev–Trinajstić information content (AvgIpc) is 3.05. The summed E-state index contributed by atoms with van der Waals surface area (Å²) in [7, 11) is 2.00. The fraction of sp³-hybridized carbons (Fsp3) is 0.407. The van der Waals surface area contributed by atoms with E-state index >= 15 is 0 Å². The number of guanidine groups is 1.